The van der Waals surface area contributed by atoms with Crippen molar-refractivity contribution in [2.75, 3.05) is 0 Å². The lowest BCUT2D eigenvalue weighted by molar-refractivity contribution is 0.00578. The number of nitrogens with zero attached hydrogens (tertiary/aromatic N) is 4. The highest BCUT2D eigenvalue weighted by atomic mass is 16.7. The highest BCUT2D eigenvalue weighted by Gasteiger charge is 2.51. The van der Waals surface area contributed by atoms with Crippen LogP contribution >= 0.6 is 0 Å². The first kappa shape index (κ1) is 25.5. The lowest BCUT2D eigenvalue weighted by Crippen LogP contribution is -2.41. The molecule has 1 saturated heterocycles. The van der Waals surface area contributed by atoms with Gasteiger partial charge < -0.3 is 9.31 Å². The minimum atomic E-state index is -0.373. The molecule has 1 aliphatic heterocycles. The molecular weight excluding hydrogens is 435 g/mol. The van der Waals surface area contributed by atoms with E-state index in [4.69, 9.17) is 29.2 Å². The predicted molar refractivity (Wildman–Crippen MR) is 142 cm³/mol. The van der Waals surface area contributed by atoms with E-state index in [-0.39, 0.29) is 29.2 Å². The van der Waals surface area contributed by atoms with Gasteiger partial charge in [0.05, 0.1) is 16.9 Å². The third kappa shape index (κ3) is 5.16. The predicted octanol–water partition coefficient (Wildman–Crippen LogP) is 5.49. The van der Waals surface area contributed by atoms with Gasteiger partial charge in [-0.2, -0.15) is 0 Å². The molecule has 0 unspecified atom stereocenters. The minimum absolute atomic E-state index is 0.177. The van der Waals surface area contributed by atoms with E-state index in [2.05, 4.69) is 81.4 Å². The van der Waals surface area contributed by atoms with Gasteiger partial charge in [0, 0.05) is 28.2 Å². The zero-order valence-corrected chi connectivity index (χ0v) is 22.7. The lowest BCUT2D eigenvalue weighted by Gasteiger charge is -2.32. The second-order valence-corrected chi connectivity index (χ2v) is 12.4. The molecule has 3 aromatic rings. The van der Waals surface area contributed by atoms with Crippen molar-refractivity contribution in [3.63, 3.8) is 0 Å². The largest absolute Gasteiger partial charge is 0.494 e. The summed E-state index contributed by atoms with van der Waals surface area (Å²) in [6.07, 6.45) is 1.84. The Labute approximate surface area is 210 Å². The fourth-order valence-corrected chi connectivity index (χ4v) is 3.66. The maximum Gasteiger partial charge on any atom is 0.494 e. The first-order valence-corrected chi connectivity index (χ1v) is 12.3. The highest BCUT2D eigenvalue weighted by Crippen LogP contribution is 2.36. The van der Waals surface area contributed by atoms with Crippen LogP contribution in [-0.4, -0.2) is 38.3 Å². The molecular formula is C28H37BN4O2. The van der Waals surface area contributed by atoms with Gasteiger partial charge >= 0.3 is 7.12 Å². The van der Waals surface area contributed by atoms with Crippen molar-refractivity contribution in [2.45, 2.75) is 91.3 Å². The smallest absolute Gasteiger partial charge is 0.399 e. The Morgan fingerprint density at radius 1 is 0.657 bits per heavy atom. The minimum Gasteiger partial charge on any atom is -0.399 e. The molecule has 0 saturated carbocycles. The lowest BCUT2D eigenvalue weighted by atomic mass is 9.79. The van der Waals surface area contributed by atoms with E-state index in [1.54, 1.807) is 0 Å². The molecule has 0 amide bonds. The van der Waals surface area contributed by atoms with Gasteiger partial charge in [0.25, 0.3) is 0 Å². The Hall–Kier alpha value is -2.64. The van der Waals surface area contributed by atoms with E-state index < -0.39 is 0 Å². The summed E-state index contributed by atoms with van der Waals surface area (Å²) in [4.78, 5) is 19.0. The van der Waals surface area contributed by atoms with Crippen molar-refractivity contribution in [3.8, 4) is 22.6 Å². The maximum atomic E-state index is 6.17. The van der Waals surface area contributed by atoms with Crippen molar-refractivity contribution >= 4 is 12.6 Å². The van der Waals surface area contributed by atoms with Gasteiger partial charge in [0.15, 0.2) is 5.82 Å². The van der Waals surface area contributed by atoms with Crippen molar-refractivity contribution in [1.82, 2.24) is 19.9 Å². The van der Waals surface area contributed by atoms with Gasteiger partial charge in [-0.3, -0.25) is 4.98 Å². The summed E-state index contributed by atoms with van der Waals surface area (Å²) in [6, 6.07) is 12.2. The van der Waals surface area contributed by atoms with Crippen molar-refractivity contribution in [2.24, 2.45) is 0 Å². The van der Waals surface area contributed by atoms with Crippen LogP contribution < -0.4 is 5.46 Å². The van der Waals surface area contributed by atoms with Crippen LogP contribution in [0.3, 0.4) is 0 Å². The quantitative estimate of drug-likeness (QED) is 0.469. The molecule has 0 aliphatic carbocycles. The third-order valence-electron chi connectivity index (χ3n) is 6.73. The summed E-state index contributed by atoms with van der Waals surface area (Å²) < 4.78 is 12.3. The first-order chi connectivity index (χ1) is 16.1. The second kappa shape index (κ2) is 8.49. The first-order valence-electron chi connectivity index (χ1n) is 12.3. The Morgan fingerprint density at radius 2 is 1.14 bits per heavy atom. The SMILES string of the molecule is CC(C)(C)c1nc(-c2ccc(-c3ccc(B4OC(C)(C)C(C)(C)O4)cc3)nc2)nc(C(C)(C)C)n1. The number of hydrogen-bond donors (Lipinski definition) is 0. The second-order valence-electron chi connectivity index (χ2n) is 12.4. The molecule has 6 nitrogen and oxygen atoms in total. The summed E-state index contributed by atoms with van der Waals surface area (Å²) in [5, 5.41) is 0. The van der Waals surface area contributed by atoms with Crippen LogP contribution in [0.1, 0.15) is 80.9 Å². The molecule has 1 aromatic carbocycles. The molecule has 1 fully saturated rings. The topological polar surface area (TPSA) is 70.0 Å². The molecule has 0 spiro atoms. The molecule has 7 heteroatoms. The van der Waals surface area contributed by atoms with E-state index in [9.17, 15) is 0 Å². The molecule has 0 N–H and O–H groups in total. The summed E-state index contributed by atoms with van der Waals surface area (Å²) in [7, 11) is -0.373. The molecule has 0 atom stereocenters. The Balaban J connectivity index is 1.59. The molecule has 35 heavy (non-hydrogen) atoms. The van der Waals surface area contributed by atoms with Crippen LogP contribution in [0.5, 0.6) is 0 Å². The summed E-state index contributed by atoms with van der Waals surface area (Å²) in [5.41, 5.74) is 2.71. The summed E-state index contributed by atoms with van der Waals surface area (Å²) >= 11 is 0. The van der Waals surface area contributed by atoms with Gasteiger partial charge in [-0.1, -0.05) is 65.8 Å². The Bertz CT molecular complexity index is 1160. The number of pyridine rings is 1. The summed E-state index contributed by atoms with van der Waals surface area (Å²) in [6.45, 7) is 21.0. The van der Waals surface area contributed by atoms with Crippen LogP contribution in [0.4, 0.5) is 0 Å². The molecule has 184 valence electrons. The average Bonchev–Trinajstić information content (AvgIpc) is 2.99. The molecule has 1 aliphatic rings. The van der Waals surface area contributed by atoms with Crippen molar-refractivity contribution in [1.29, 1.82) is 0 Å². The van der Waals surface area contributed by atoms with Gasteiger partial charge in [0.2, 0.25) is 0 Å². The number of benzene rings is 1. The molecule has 0 bridgehead atoms. The van der Waals surface area contributed by atoms with Gasteiger partial charge in [0.1, 0.15) is 11.6 Å². The van der Waals surface area contributed by atoms with E-state index in [1.165, 1.54) is 0 Å². The fraction of sp³-hybridized carbons (Fsp3) is 0.500. The van der Waals surface area contributed by atoms with Crippen molar-refractivity contribution in [3.05, 3.63) is 54.2 Å². The normalized spacial score (nSPS) is 17.6. The third-order valence-corrected chi connectivity index (χ3v) is 6.73. The number of hydrogen-bond acceptors (Lipinski definition) is 6. The van der Waals surface area contributed by atoms with E-state index in [0.29, 0.717) is 5.82 Å². The standard InChI is InChI=1S/C28H37BN4O2/c1-25(2,3)23-31-22(32-24(33-23)26(4,5)6)19-13-16-21(30-17-19)18-11-14-20(15-12-18)29-34-27(7,8)28(9,10)35-29/h11-17H,1-10H3. The molecule has 4 rings (SSSR count). The molecule has 2 aromatic heterocycles. The molecule has 3 heterocycles. The Morgan fingerprint density at radius 3 is 1.57 bits per heavy atom. The van der Waals surface area contributed by atoms with Crippen LogP contribution in [-0.2, 0) is 20.1 Å². The number of aromatic nitrogens is 4. The zero-order valence-electron chi connectivity index (χ0n) is 22.7. The van der Waals surface area contributed by atoms with Gasteiger partial charge in [-0.05, 0) is 45.3 Å². The van der Waals surface area contributed by atoms with Crippen LogP contribution in [0.15, 0.2) is 42.6 Å². The van der Waals surface area contributed by atoms with E-state index in [1.807, 2.05) is 30.5 Å². The number of rotatable bonds is 3. The molecule has 0 radical (unpaired) electrons. The van der Waals surface area contributed by atoms with E-state index in [0.717, 1.165) is 33.9 Å². The maximum absolute atomic E-state index is 6.17. The van der Waals surface area contributed by atoms with Crippen LogP contribution in [0.2, 0.25) is 0 Å². The van der Waals surface area contributed by atoms with Crippen LogP contribution in [0.25, 0.3) is 22.6 Å². The van der Waals surface area contributed by atoms with E-state index >= 15 is 0 Å². The summed E-state index contributed by atoms with van der Waals surface area (Å²) in [5.74, 6) is 2.23. The fourth-order valence-electron chi connectivity index (χ4n) is 3.66. The van der Waals surface area contributed by atoms with Gasteiger partial charge in [-0.15, -0.1) is 0 Å². The average molecular weight is 472 g/mol. The van der Waals surface area contributed by atoms with Crippen molar-refractivity contribution < 1.29 is 9.31 Å². The highest BCUT2D eigenvalue weighted by molar-refractivity contribution is 6.62. The van der Waals surface area contributed by atoms with Crippen LogP contribution in [0, 0.1) is 0 Å². The van der Waals surface area contributed by atoms with Gasteiger partial charge in [-0.25, -0.2) is 15.0 Å². The monoisotopic (exact) mass is 472 g/mol. The zero-order chi connectivity index (χ0) is 25.8. The Kier molecular flexibility index (Phi) is 6.17.